The van der Waals surface area contributed by atoms with Crippen LogP contribution in [-0.2, 0) is 20.9 Å². The van der Waals surface area contributed by atoms with Crippen LogP contribution in [0.5, 0.6) is 0 Å². The Hall–Kier alpha value is -1.24. The van der Waals surface area contributed by atoms with E-state index < -0.39 is 6.10 Å². The van der Waals surface area contributed by atoms with E-state index in [9.17, 15) is 4.79 Å². The molecule has 0 bridgehead atoms. The number of aryl methyl sites for hydroxylation is 1. The van der Waals surface area contributed by atoms with Crippen LogP contribution >= 0.6 is 27.3 Å². The first-order valence-corrected chi connectivity index (χ1v) is 9.17. The summed E-state index contributed by atoms with van der Waals surface area (Å²) in [4.78, 5) is 16.8. The Balaban J connectivity index is 2.09. The highest BCUT2D eigenvalue weighted by atomic mass is 79.9. The van der Waals surface area contributed by atoms with Crippen molar-refractivity contribution in [1.29, 1.82) is 0 Å². The molecule has 2 unspecified atom stereocenters. The van der Waals surface area contributed by atoms with E-state index in [1.807, 2.05) is 37.3 Å². The first-order valence-electron chi connectivity index (χ1n) is 7.44. The Morgan fingerprint density at radius 1 is 1.35 bits per heavy atom. The highest BCUT2D eigenvalue weighted by Gasteiger charge is 2.21. The molecular weight excluding hydrogens is 378 g/mol. The van der Waals surface area contributed by atoms with Crippen LogP contribution in [0.4, 0.5) is 0 Å². The number of nitrogens with zero attached hydrogens (tertiary/aromatic N) is 1. The van der Waals surface area contributed by atoms with Gasteiger partial charge in [-0.15, -0.1) is 11.3 Å². The fourth-order valence-corrected chi connectivity index (χ4v) is 3.41. The summed E-state index contributed by atoms with van der Waals surface area (Å²) in [6.07, 6.45) is 0.542. The number of halogens is 1. The van der Waals surface area contributed by atoms with Crippen LogP contribution < -0.4 is 0 Å². The van der Waals surface area contributed by atoms with Crippen molar-refractivity contribution in [2.45, 2.75) is 37.8 Å². The maximum atomic E-state index is 10.9. The van der Waals surface area contributed by atoms with Gasteiger partial charge in [0.05, 0.1) is 17.2 Å². The van der Waals surface area contributed by atoms with Crippen molar-refractivity contribution in [3.63, 3.8) is 0 Å². The summed E-state index contributed by atoms with van der Waals surface area (Å²) in [5, 5.41) is 0.898. The van der Waals surface area contributed by atoms with E-state index in [1.165, 1.54) is 11.3 Å². The maximum Gasteiger partial charge on any atom is 0.294 e. The average Bonchev–Trinajstić information content (AvgIpc) is 2.90. The van der Waals surface area contributed by atoms with Gasteiger partial charge in [0.25, 0.3) is 6.47 Å². The number of carbonyl (C=O) groups excluding carboxylic acids is 1. The Morgan fingerprint density at radius 3 is 2.74 bits per heavy atom. The standard InChI is InChI=1S/C17H20BrNO3S/c1-12(18)8-9-21-10-15-19-13(2)17(23-15)16(22-11-20)14-6-4-3-5-7-14/h3-7,11-12,16H,8-10H2,1-2H3. The van der Waals surface area contributed by atoms with Gasteiger partial charge in [-0.25, -0.2) is 4.98 Å². The number of benzene rings is 1. The summed E-state index contributed by atoms with van der Waals surface area (Å²) in [5.74, 6) is 0. The summed E-state index contributed by atoms with van der Waals surface area (Å²) < 4.78 is 11.0. The number of thiazole rings is 1. The number of hydrogen-bond acceptors (Lipinski definition) is 5. The lowest BCUT2D eigenvalue weighted by Crippen LogP contribution is -2.04. The van der Waals surface area contributed by atoms with Gasteiger partial charge in [-0.3, -0.25) is 4.79 Å². The number of ether oxygens (including phenoxy) is 2. The van der Waals surface area contributed by atoms with Crippen LogP contribution in [0.3, 0.4) is 0 Å². The van der Waals surface area contributed by atoms with Crippen LogP contribution in [-0.4, -0.2) is 22.9 Å². The number of alkyl halides is 1. The van der Waals surface area contributed by atoms with Gasteiger partial charge in [0.2, 0.25) is 0 Å². The Morgan fingerprint density at radius 2 is 2.09 bits per heavy atom. The van der Waals surface area contributed by atoms with Gasteiger partial charge >= 0.3 is 0 Å². The highest BCUT2D eigenvalue weighted by molar-refractivity contribution is 9.09. The molecule has 1 heterocycles. The van der Waals surface area contributed by atoms with Gasteiger partial charge in [0, 0.05) is 11.4 Å². The number of carbonyl (C=O) groups is 1. The predicted molar refractivity (Wildman–Crippen MR) is 94.9 cm³/mol. The van der Waals surface area contributed by atoms with Gasteiger partial charge in [-0.05, 0) is 18.9 Å². The van der Waals surface area contributed by atoms with Gasteiger partial charge in [0.15, 0.2) is 6.10 Å². The molecule has 0 radical (unpaired) electrons. The Kier molecular flexibility index (Phi) is 7.20. The summed E-state index contributed by atoms with van der Waals surface area (Å²) in [7, 11) is 0. The second-order valence-electron chi connectivity index (χ2n) is 5.20. The SMILES string of the molecule is Cc1nc(COCCC(C)Br)sc1C(OC=O)c1ccccc1. The monoisotopic (exact) mass is 397 g/mol. The number of aromatic nitrogens is 1. The molecule has 0 aliphatic heterocycles. The Bertz CT molecular complexity index is 616. The second kappa shape index (κ2) is 9.15. The van der Waals surface area contributed by atoms with Crippen molar-refractivity contribution in [3.8, 4) is 0 Å². The van der Waals surface area contributed by atoms with E-state index >= 15 is 0 Å². The van der Waals surface area contributed by atoms with Crippen molar-refractivity contribution in [3.05, 3.63) is 51.5 Å². The van der Waals surface area contributed by atoms with E-state index in [0.29, 0.717) is 24.5 Å². The average molecular weight is 398 g/mol. The molecule has 0 aliphatic carbocycles. The fraction of sp³-hybridized carbons (Fsp3) is 0.412. The number of hydrogen-bond donors (Lipinski definition) is 0. The first-order chi connectivity index (χ1) is 11.1. The molecule has 1 aromatic heterocycles. The highest BCUT2D eigenvalue weighted by Crippen LogP contribution is 2.32. The molecule has 4 nitrogen and oxygen atoms in total. The minimum absolute atomic E-state index is 0.414. The van der Waals surface area contributed by atoms with Crippen LogP contribution in [0.25, 0.3) is 0 Å². The summed E-state index contributed by atoms with van der Waals surface area (Å²) in [5.41, 5.74) is 1.81. The number of rotatable bonds is 9. The fourth-order valence-electron chi connectivity index (χ4n) is 2.15. The van der Waals surface area contributed by atoms with Crippen LogP contribution in [0.1, 0.15) is 40.6 Å². The molecule has 0 aliphatic rings. The molecule has 0 amide bonds. The van der Waals surface area contributed by atoms with Crippen molar-refractivity contribution in [2.75, 3.05) is 6.61 Å². The van der Waals surface area contributed by atoms with E-state index in [2.05, 4.69) is 27.8 Å². The normalized spacial score (nSPS) is 13.5. The smallest absolute Gasteiger partial charge is 0.294 e. The lowest BCUT2D eigenvalue weighted by Gasteiger charge is -2.14. The van der Waals surface area contributed by atoms with E-state index in [0.717, 1.165) is 27.6 Å². The first kappa shape index (κ1) is 18.1. The van der Waals surface area contributed by atoms with E-state index in [-0.39, 0.29) is 0 Å². The lowest BCUT2D eigenvalue weighted by molar-refractivity contribution is -0.132. The molecule has 23 heavy (non-hydrogen) atoms. The quantitative estimate of drug-likeness (QED) is 0.357. The van der Waals surface area contributed by atoms with Crippen LogP contribution in [0.15, 0.2) is 30.3 Å². The minimum Gasteiger partial charge on any atom is -0.454 e. The van der Waals surface area contributed by atoms with Gasteiger partial charge in [-0.1, -0.05) is 53.2 Å². The zero-order valence-electron chi connectivity index (χ0n) is 13.2. The summed E-state index contributed by atoms with van der Waals surface area (Å²) >= 11 is 5.03. The van der Waals surface area contributed by atoms with Gasteiger partial charge in [0.1, 0.15) is 5.01 Å². The van der Waals surface area contributed by atoms with Crippen LogP contribution in [0, 0.1) is 6.92 Å². The van der Waals surface area contributed by atoms with Gasteiger partial charge < -0.3 is 9.47 Å². The maximum absolute atomic E-state index is 10.9. The molecule has 2 rings (SSSR count). The molecule has 2 aromatic rings. The molecule has 0 saturated heterocycles. The van der Waals surface area contributed by atoms with Crippen molar-refractivity contribution < 1.29 is 14.3 Å². The molecule has 0 spiro atoms. The van der Waals surface area contributed by atoms with Crippen molar-refractivity contribution in [1.82, 2.24) is 4.98 Å². The second-order valence-corrected chi connectivity index (χ2v) is 7.88. The third-order valence-corrected chi connectivity index (χ3v) is 4.93. The third-order valence-electron chi connectivity index (χ3n) is 3.29. The molecular formula is C17H20BrNO3S. The molecule has 6 heteroatoms. The minimum atomic E-state index is -0.414. The van der Waals surface area contributed by atoms with E-state index in [1.54, 1.807) is 0 Å². The molecule has 0 saturated carbocycles. The zero-order valence-corrected chi connectivity index (χ0v) is 15.6. The molecule has 0 fully saturated rings. The molecule has 0 N–H and O–H groups in total. The summed E-state index contributed by atoms with van der Waals surface area (Å²) in [6.45, 7) is 5.68. The van der Waals surface area contributed by atoms with E-state index in [4.69, 9.17) is 9.47 Å². The Labute approximate surface area is 149 Å². The topological polar surface area (TPSA) is 48.4 Å². The zero-order chi connectivity index (χ0) is 16.7. The molecule has 124 valence electrons. The predicted octanol–water partition coefficient (Wildman–Crippen LogP) is 4.40. The largest absolute Gasteiger partial charge is 0.454 e. The van der Waals surface area contributed by atoms with Crippen molar-refractivity contribution >= 4 is 33.7 Å². The molecule has 1 aromatic carbocycles. The lowest BCUT2D eigenvalue weighted by atomic mass is 10.1. The summed E-state index contributed by atoms with van der Waals surface area (Å²) in [6, 6.07) is 9.68. The third kappa shape index (κ3) is 5.41. The van der Waals surface area contributed by atoms with Gasteiger partial charge in [-0.2, -0.15) is 0 Å². The molecule has 2 atom stereocenters. The van der Waals surface area contributed by atoms with Crippen molar-refractivity contribution in [2.24, 2.45) is 0 Å². The van der Waals surface area contributed by atoms with Crippen LogP contribution in [0.2, 0.25) is 0 Å².